The molecule has 5 atom stereocenters. The second-order valence-electron chi connectivity index (χ2n) is 6.67. The molecule has 1 saturated carbocycles. The first-order valence-electron chi connectivity index (χ1n) is 7.60. The molecule has 2 N–H and O–H groups in total. The van der Waals surface area contributed by atoms with Gasteiger partial charge in [0, 0.05) is 25.7 Å². The van der Waals surface area contributed by atoms with Crippen LogP contribution in [-0.4, -0.2) is 43.8 Å². The van der Waals surface area contributed by atoms with Crippen LogP contribution in [0.25, 0.3) is 0 Å². The zero-order valence-corrected chi connectivity index (χ0v) is 12.3. The smallest absolute Gasteiger partial charge is 0.0502 e. The Morgan fingerprint density at radius 2 is 2.06 bits per heavy atom. The van der Waals surface area contributed by atoms with Crippen molar-refractivity contribution in [3.05, 3.63) is 0 Å². The van der Waals surface area contributed by atoms with Crippen molar-refractivity contribution in [1.82, 2.24) is 4.90 Å². The monoisotopic (exact) mass is 254 g/mol. The van der Waals surface area contributed by atoms with Crippen molar-refractivity contribution in [1.29, 1.82) is 0 Å². The van der Waals surface area contributed by atoms with Gasteiger partial charge in [-0.05, 0) is 50.0 Å². The molecule has 3 heteroatoms. The number of nitrogens with zero attached hydrogens (tertiary/aromatic N) is 1. The topological polar surface area (TPSA) is 38.5 Å². The van der Waals surface area contributed by atoms with Crippen molar-refractivity contribution in [3.8, 4) is 0 Å². The molecule has 2 aliphatic rings. The van der Waals surface area contributed by atoms with Gasteiger partial charge >= 0.3 is 0 Å². The molecule has 2 rings (SSSR count). The minimum Gasteiger partial charge on any atom is -0.384 e. The maximum Gasteiger partial charge on any atom is 0.0502 e. The second kappa shape index (κ2) is 6.36. The summed E-state index contributed by atoms with van der Waals surface area (Å²) >= 11 is 0. The highest BCUT2D eigenvalue weighted by Gasteiger charge is 2.37. The van der Waals surface area contributed by atoms with Gasteiger partial charge in [-0.1, -0.05) is 13.8 Å². The number of rotatable bonds is 3. The van der Waals surface area contributed by atoms with Crippen molar-refractivity contribution in [3.63, 3.8) is 0 Å². The lowest BCUT2D eigenvalue weighted by Gasteiger charge is -2.47. The average Bonchev–Trinajstić information content (AvgIpc) is 2.28. The zero-order chi connectivity index (χ0) is 13.1. The van der Waals surface area contributed by atoms with E-state index in [2.05, 4.69) is 18.7 Å². The lowest BCUT2D eigenvalue weighted by atomic mass is 9.75. The van der Waals surface area contributed by atoms with E-state index < -0.39 is 0 Å². The summed E-state index contributed by atoms with van der Waals surface area (Å²) in [6, 6.07) is 0.964. The van der Waals surface area contributed by atoms with Gasteiger partial charge in [0.2, 0.25) is 0 Å². The van der Waals surface area contributed by atoms with E-state index in [0.717, 1.165) is 18.4 Å². The number of ether oxygens (including phenoxy) is 1. The third-order valence-electron chi connectivity index (χ3n) is 4.84. The Bertz CT molecular complexity index is 245. The molecule has 0 bridgehead atoms. The van der Waals surface area contributed by atoms with E-state index in [1.807, 2.05) is 7.11 Å². The van der Waals surface area contributed by atoms with Crippen molar-refractivity contribution >= 4 is 0 Å². The molecule has 18 heavy (non-hydrogen) atoms. The van der Waals surface area contributed by atoms with Gasteiger partial charge in [0.05, 0.1) is 6.61 Å². The fourth-order valence-electron chi connectivity index (χ4n) is 4.27. The van der Waals surface area contributed by atoms with E-state index in [4.69, 9.17) is 10.5 Å². The number of likely N-dealkylation sites (tertiary alicyclic amines) is 1. The molecule has 2 fully saturated rings. The van der Waals surface area contributed by atoms with Crippen LogP contribution in [0.4, 0.5) is 0 Å². The maximum atomic E-state index is 6.44. The van der Waals surface area contributed by atoms with Crippen LogP contribution in [-0.2, 0) is 4.74 Å². The Morgan fingerprint density at radius 1 is 1.28 bits per heavy atom. The minimum atomic E-state index is 0.366. The molecule has 0 radical (unpaired) electrons. The van der Waals surface area contributed by atoms with Gasteiger partial charge in [0.1, 0.15) is 0 Å². The number of piperidine rings is 1. The first-order valence-corrected chi connectivity index (χ1v) is 7.60. The minimum absolute atomic E-state index is 0.366. The van der Waals surface area contributed by atoms with Crippen LogP contribution in [0.15, 0.2) is 0 Å². The quantitative estimate of drug-likeness (QED) is 0.838. The number of nitrogens with two attached hydrogens (primary N) is 1. The van der Waals surface area contributed by atoms with Crippen LogP contribution in [0.3, 0.4) is 0 Å². The molecule has 0 amide bonds. The summed E-state index contributed by atoms with van der Waals surface area (Å²) in [5.74, 6) is 2.25. The van der Waals surface area contributed by atoms with E-state index in [1.165, 1.54) is 38.8 Å². The molecular formula is C15H30N2O. The van der Waals surface area contributed by atoms with Crippen molar-refractivity contribution < 1.29 is 4.74 Å². The lowest BCUT2D eigenvalue weighted by Crippen LogP contribution is -2.57. The first kappa shape index (κ1) is 14.3. The van der Waals surface area contributed by atoms with Gasteiger partial charge in [-0.3, -0.25) is 4.90 Å². The van der Waals surface area contributed by atoms with Crippen LogP contribution in [0.2, 0.25) is 0 Å². The van der Waals surface area contributed by atoms with Crippen molar-refractivity contribution in [2.24, 2.45) is 23.5 Å². The predicted molar refractivity (Wildman–Crippen MR) is 75.5 cm³/mol. The van der Waals surface area contributed by atoms with Gasteiger partial charge in [-0.25, -0.2) is 0 Å². The van der Waals surface area contributed by atoms with Crippen LogP contribution < -0.4 is 5.73 Å². The molecule has 1 heterocycles. The van der Waals surface area contributed by atoms with E-state index in [9.17, 15) is 0 Å². The van der Waals surface area contributed by atoms with Gasteiger partial charge in [-0.15, -0.1) is 0 Å². The van der Waals surface area contributed by atoms with E-state index in [1.54, 1.807) is 0 Å². The second-order valence-corrected chi connectivity index (χ2v) is 6.67. The number of methoxy groups -OCH3 is 1. The lowest BCUT2D eigenvalue weighted by molar-refractivity contribution is 0.0214. The van der Waals surface area contributed by atoms with Gasteiger partial charge in [0.25, 0.3) is 0 Å². The molecule has 1 aliphatic heterocycles. The summed E-state index contributed by atoms with van der Waals surface area (Å²) in [5, 5.41) is 0. The van der Waals surface area contributed by atoms with Crippen molar-refractivity contribution in [2.75, 3.05) is 26.8 Å². The largest absolute Gasteiger partial charge is 0.384 e. The molecule has 5 unspecified atom stereocenters. The Labute approximate surface area is 112 Å². The average molecular weight is 254 g/mol. The molecule has 3 nitrogen and oxygen atoms in total. The maximum absolute atomic E-state index is 6.44. The fourth-order valence-corrected chi connectivity index (χ4v) is 4.27. The standard InChI is InChI=1S/C15H30N2O/c1-11-7-12(2)15(14(16)8-11)17-6-4-5-13(9-17)10-18-3/h11-15H,4-10,16H2,1-3H3. The Balaban J connectivity index is 1.96. The van der Waals surface area contributed by atoms with Gasteiger partial charge < -0.3 is 10.5 Å². The van der Waals surface area contributed by atoms with Crippen molar-refractivity contribution in [2.45, 2.75) is 51.6 Å². The Kier molecular flexibility index (Phi) is 5.05. The van der Waals surface area contributed by atoms with E-state index >= 15 is 0 Å². The molecule has 0 aromatic rings. The van der Waals surface area contributed by atoms with Crippen LogP contribution in [0.5, 0.6) is 0 Å². The Hall–Kier alpha value is -0.120. The summed E-state index contributed by atoms with van der Waals surface area (Å²) in [5.41, 5.74) is 6.44. The third kappa shape index (κ3) is 3.25. The SMILES string of the molecule is COCC1CCCN(C2C(C)CC(C)CC2N)C1. The summed E-state index contributed by atoms with van der Waals surface area (Å²) in [6.45, 7) is 8.06. The summed E-state index contributed by atoms with van der Waals surface area (Å²) < 4.78 is 5.33. The highest BCUT2D eigenvalue weighted by atomic mass is 16.5. The normalized spacial score (nSPS) is 43.0. The summed E-state index contributed by atoms with van der Waals surface area (Å²) in [4.78, 5) is 2.66. The van der Waals surface area contributed by atoms with Gasteiger partial charge in [0.15, 0.2) is 0 Å². The molecule has 106 valence electrons. The predicted octanol–water partition coefficient (Wildman–Crippen LogP) is 2.11. The summed E-state index contributed by atoms with van der Waals surface area (Å²) in [7, 11) is 1.82. The van der Waals surface area contributed by atoms with Crippen LogP contribution in [0, 0.1) is 17.8 Å². The molecule has 0 spiro atoms. The fraction of sp³-hybridized carbons (Fsp3) is 1.00. The van der Waals surface area contributed by atoms with Crippen LogP contribution in [0.1, 0.15) is 39.5 Å². The van der Waals surface area contributed by atoms with E-state index in [-0.39, 0.29) is 0 Å². The first-order chi connectivity index (χ1) is 8.61. The highest BCUT2D eigenvalue weighted by Crippen LogP contribution is 2.33. The molecule has 1 saturated heterocycles. The zero-order valence-electron chi connectivity index (χ0n) is 12.3. The molecule has 0 aromatic carbocycles. The van der Waals surface area contributed by atoms with Gasteiger partial charge in [-0.2, -0.15) is 0 Å². The molecule has 0 aromatic heterocycles. The van der Waals surface area contributed by atoms with E-state index in [0.29, 0.717) is 18.0 Å². The molecular weight excluding hydrogens is 224 g/mol. The third-order valence-corrected chi connectivity index (χ3v) is 4.84. The summed E-state index contributed by atoms with van der Waals surface area (Å²) in [6.07, 6.45) is 5.15. The van der Waals surface area contributed by atoms with Crippen LogP contribution >= 0.6 is 0 Å². The molecule has 1 aliphatic carbocycles. The number of hydrogen-bond acceptors (Lipinski definition) is 3. The Morgan fingerprint density at radius 3 is 2.72 bits per heavy atom. The highest BCUT2D eigenvalue weighted by molar-refractivity contribution is 4.93. The number of hydrogen-bond donors (Lipinski definition) is 1.